The van der Waals surface area contributed by atoms with Crippen molar-refractivity contribution in [3.8, 4) is 22.9 Å². The number of carbonyl (C=O) groups excluding carboxylic acids is 1. The number of ether oxygens (including phenoxy) is 1. The molecule has 0 aliphatic rings. The molecule has 2 heterocycles. The molecule has 0 unspecified atom stereocenters. The lowest BCUT2D eigenvalue weighted by Gasteiger charge is -2.14. The van der Waals surface area contributed by atoms with Crippen molar-refractivity contribution in [2.75, 3.05) is 22.6 Å². The average Bonchev–Trinajstić information content (AvgIpc) is 2.86. The van der Waals surface area contributed by atoms with Crippen molar-refractivity contribution in [1.29, 1.82) is 0 Å². The molecule has 39 heavy (non-hydrogen) atoms. The van der Waals surface area contributed by atoms with Gasteiger partial charge in [-0.2, -0.15) is 13.2 Å². The zero-order chi connectivity index (χ0) is 28.4. The van der Waals surface area contributed by atoms with Gasteiger partial charge in [0.1, 0.15) is 11.6 Å². The maximum atomic E-state index is 13.1. The van der Waals surface area contributed by atoms with Crippen LogP contribution in [-0.2, 0) is 16.0 Å². The Morgan fingerprint density at radius 3 is 2.23 bits per heavy atom. The van der Waals surface area contributed by atoms with Gasteiger partial charge >= 0.3 is 18.2 Å². The smallest absolute Gasteiger partial charge is 0.416 e. The van der Waals surface area contributed by atoms with E-state index in [0.29, 0.717) is 23.7 Å². The van der Waals surface area contributed by atoms with Crippen LogP contribution >= 0.6 is 0 Å². The van der Waals surface area contributed by atoms with Crippen LogP contribution in [-0.4, -0.2) is 35.7 Å². The molecule has 2 aromatic carbocycles. The first-order chi connectivity index (χ1) is 18.3. The Labute approximate surface area is 221 Å². The molecule has 0 saturated carbocycles. The van der Waals surface area contributed by atoms with Crippen LogP contribution in [0.3, 0.4) is 0 Å². The number of nitrogen functional groups attached to an aromatic ring is 1. The summed E-state index contributed by atoms with van der Waals surface area (Å²) in [6.07, 6.45) is 0.165. The number of aromatic nitrogens is 3. The lowest BCUT2D eigenvalue weighted by molar-refractivity contribution is -0.137. The van der Waals surface area contributed by atoms with E-state index in [1.807, 2.05) is 13.0 Å². The van der Waals surface area contributed by atoms with Crippen molar-refractivity contribution in [3.05, 3.63) is 78.2 Å². The van der Waals surface area contributed by atoms with Crippen molar-refractivity contribution in [2.45, 2.75) is 18.0 Å². The van der Waals surface area contributed by atoms with Gasteiger partial charge in [0, 0.05) is 18.0 Å². The van der Waals surface area contributed by atoms with Gasteiger partial charge in [-0.1, -0.05) is 12.1 Å². The number of sulfone groups is 1. The Morgan fingerprint density at radius 2 is 1.62 bits per heavy atom. The van der Waals surface area contributed by atoms with E-state index >= 15 is 0 Å². The van der Waals surface area contributed by atoms with E-state index in [0.717, 1.165) is 29.0 Å². The Balaban J connectivity index is 1.43. The molecule has 0 spiro atoms. The molecule has 4 aromatic rings. The first-order valence-electron chi connectivity index (χ1n) is 11.1. The molecule has 14 heteroatoms. The first-order valence-corrected chi connectivity index (χ1v) is 13.0. The van der Waals surface area contributed by atoms with E-state index in [2.05, 4.69) is 25.6 Å². The Kier molecular flexibility index (Phi) is 7.40. The second-order valence-corrected chi connectivity index (χ2v) is 10.4. The number of nitrogens with two attached hydrogens (primary N) is 1. The number of carbonyl (C=O) groups is 1. The van der Waals surface area contributed by atoms with Crippen LogP contribution in [0, 0.1) is 6.92 Å². The van der Waals surface area contributed by atoms with E-state index in [9.17, 15) is 26.4 Å². The summed E-state index contributed by atoms with van der Waals surface area (Å²) >= 11 is 0. The Hall–Kier alpha value is -4.72. The third-order valence-corrected chi connectivity index (χ3v) is 6.43. The second kappa shape index (κ2) is 10.6. The SMILES string of the molecule is Cc1cnc(N)c(-c2ccc(Oc3ncc(NC(=O)Nc4cc(C(F)(F)F)ccc4S(C)(=O)=O)cn3)cc2)c1. The average molecular weight is 559 g/mol. The molecule has 0 aliphatic carbocycles. The molecule has 10 nitrogen and oxygen atoms in total. The predicted molar refractivity (Wildman–Crippen MR) is 138 cm³/mol. The van der Waals surface area contributed by atoms with Gasteiger partial charge in [-0.15, -0.1) is 0 Å². The fraction of sp³-hybridized carbons (Fsp3) is 0.120. The molecular formula is C25H21F3N6O4S. The highest BCUT2D eigenvalue weighted by atomic mass is 32.2. The van der Waals surface area contributed by atoms with Gasteiger partial charge in [0.25, 0.3) is 0 Å². The van der Waals surface area contributed by atoms with Gasteiger partial charge in [-0.3, -0.25) is 0 Å². The quantitative estimate of drug-likeness (QED) is 0.289. The highest BCUT2D eigenvalue weighted by Gasteiger charge is 2.32. The molecule has 0 saturated heterocycles. The van der Waals surface area contributed by atoms with Gasteiger partial charge in [-0.05, 0) is 54.4 Å². The minimum atomic E-state index is -4.74. The Morgan fingerprint density at radius 1 is 0.949 bits per heavy atom. The summed E-state index contributed by atoms with van der Waals surface area (Å²) in [7, 11) is -3.93. The van der Waals surface area contributed by atoms with Gasteiger partial charge in [0.05, 0.1) is 34.2 Å². The highest BCUT2D eigenvalue weighted by Crippen LogP contribution is 2.34. The topological polar surface area (TPSA) is 149 Å². The number of aryl methyl sites for hydroxylation is 1. The van der Waals surface area contributed by atoms with E-state index in [1.165, 1.54) is 12.4 Å². The number of hydrogen-bond donors (Lipinski definition) is 3. The van der Waals surface area contributed by atoms with Crippen LogP contribution in [0.5, 0.6) is 11.8 Å². The normalized spacial score (nSPS) is 11.6. The van der Waals surface area contributed by atoms with Crippen molar-refractivity contribution in [2.24, 2.45) is 0 Å². The summed E-state index contributed by atoms with van der Waals surface area (Å²) in [5, 5.41) is 4.46. The molecule has 4 rings (SSSR count). The molecule has 202 valence electrons. The summed E-state index contributed by atoms with van der Waals surface area (Å²) < 4.78 is 68.8. The molecule has 0 aliphatic heterocycles. The maximum Gasteiger partial charge on any atom is 0.416 e. The Bertz CT molecular complexity index is 1630. The number of nitrogens with zero attached hydrogens (tertiary/aromatic N) is 3. The largest absolute Gasteiger partial charge is 0.424 e. The van der Waals surface area contributed by atoms with E-state index in [-0.39, 0.29) is 11.7 Å². The van der Waals surface area contributed by atoms with Gasteiger partial charge in [0.2, 0.25) is 0 Å². The predicted octanol–water partition coefficient (Wildman–Crippen LogP) is 5.29. The van der Waals surface area contributed by atoms with Gasteiger partial charge in [0.15, 0.2) is 9.84 Å². The van der Waals surface area contributed by atoms with Gasteiger partial charge in [-0.25, -0.2) is 28.2 Å². The lowest BCUT2D eigenvalue weighted by atomic mass is 10.1. The van der Waals surface area contributed by atoms with Crippen LogP contribution < -0.4 is 21.1 Å². The van der Waals surface area contributed by atoms with Gasteiger partial charge < -0.3 is 21.1 Å². The lowest BCUT2D eigenvalue weighted by Crippen LogP contribution is -2.21. The van der Waals surface area contributed by atoms with Crippen LogP contribution in [0.4, 0.5) is 35.2 Å². The van der Waals surface area contributed by atoms with E-state index < -0.39 is 38.2 Å². The molecule has 0 bridgehead atoms. The highest BCUT2D eigenvalue weighted by molar-refractivity contribution is 7.90. The van der Waals surface area contributed by atoms with Crippen molar-refractivity contribution < 1.29 is 31.1 Å². The standard InChI is InChI=1S/C25H21F3N6O4S/c1-14-9-19(22(29)30-11-14)15-3-6-18(7-4-15)38-24-31-12-17(13-32-24)33-23(35)34-20-10-16(25(26,27)28)5-8-21(20)39(2,36)37/h3-13H,1-2H3,(H2,29,30)(H2,33,34,35). The van der Waals surface area contributed by atoms with Crippen LogP contribution in [0.25, 0.3) is 11.1 Å². The number of amides is 2. The number of nitrogens with one attached hydrogen (secondary N) is 2. The third-order valence-electron chi connectivity index (χ3n) is 5.27. The summed E-state index contributed by atoms with van der Waals surface area (Å²) in [6, 6.07) is 9.78. The summed E-state index contributed by atoms with van der Waals surface area (Å²) in [5.74, 6) is 0.819. The number of anilines is 3. The zero-order valence-electron chi connectivity index (χ0n) is 20.4. The fourth-order valence-electron chi connectivity index (χ4n) is 3.46. The number of benzene rings is 2. The van der Waals surface area contributed by atoms with Crippen molar-refractivity contribution in [3.63, 3.8) is 0 Å². The number of hydrogen-bond acceptors (Lipinski definition) is 8. The molecule has 2 aromatic heterocycles. The number of halogens is 3. The van der Waals surface area contributed by atoms with Crippen LogP contribution in [0.2, 0.25) is 0 Å². The first kappa shape index (κ1) is 27.3. The van der Waals surface area contributed by atoms with E-state index in [1.54, 1.807) is 30.5 Å². The number of rotatable bonds is 6. The van der Waals surface area contributed by atoms with Crippen molar-refractivity contribution >= 4 is 33.1 Å². The summed E-state index contributed by atoms with van der Waals surface area (Å²) in [6.45, 7) is 1.91. The maximum absolute atomic E-state index is 13.1. The van der Waals surface area contributed by atoms with Crippen LogP contribution in [0.15, 0.2) is 72.0 Å². The molecule has 0 atom stereocenters. The minimum absolute atomic E-state index is 0.0392. The third kappa shape index (κ3) is 6.78. The van der Waals surface area contributed by atoms with Crippen LogP contribution in [0.1, 0.15) is 11.1 Å². The number of urea groups is 1. The second-order valence-electron chi connectivity index (χ2n) is 8.39. The molecular weight excluding hydrogens is 537 g/mol. The summed E-state index contributed by atoms with van der Waals surface area (Å²) in [4.78, 5) is 24.1. The van der Waals surface area contributed by atoms with Crippen molar-refractivity contribution in [1.82, 2.24) is 15.0 Å². The molecule has 0 radical (unpaired) electrons. The fourth-order valence-corrected chi connectivity index (χ4v) is 4.29. The van der Waals surface area contributed by atoms with E-state index in [4.69, 9.17) is 10.5 Å². The number of pyridine rings is 1. The monoisotopic (exact) mass is 558 g/mol. The molecule has 0 fully saturated rings. The number of alkyl halides is 3. The molecule has 4 N–H and O–H groups in total. The zero-order valence-corrected chi connectivity index (χ0v) is 21.3. The minimum Gasteiger partial charge on any atom is -0.424 e. The summed E-state index contributed by atoms with van der Waals surface area (Å²) in [5.41, 5.74) is 6.95. The molecule has 2 amide bonds.